The van der Waals surface area contributed by atoms with Gasteiger partial charge >= 0.3 is 0 Å². The van der Waals surface area contributed by atoms with E-state index < -0.39 is 10.0 Å². The van der Waals surface area contributed by atoms with Crippen molar-refractivity contribution in [2.75, 3.05) is 13.1 Å². The van der Waals surface area contributed by atoms with Gasteiger partial charge in [0.1, 0.15) is 0 Å². The van der Waals surface area contributed by atoms with E-state index in [0.29, 0.717) is 13.1 Å². The Morgan fingerprint density at radius 1 is 1.62 bits per heavy atom. The van der Waals surface area contributed by atoms with Crippen molar-refractivity contribution >= 4 is 10.0 Å². The van der Waals surface area contributed by atoms with Crippen LogP contribution in [0.3, 0.4) is 0 Å². The van der Waals surface area contributed by atoms with E-state index in [9.17, 15) is 8.42 Å². The summed E-state index contributed by atoms with van der Waals surface area (Å²) in [4.78, 5) is 0. The highest BCUT2D eigenvalue weighted by molar-refractivity contribution is 7.89. The summed E-state index contributed by atoms with van der Waals surface area (Å²) >= 11 is 0. The fraction of sp³-hybridized carbons (Fsp3) is 0.667. The predicted molar refractivity (Wildman–Crippen MR) is 59.2 cm³/mol. The molecule has 0 atom stereocenters. The van der Waals surface area contributed by atoms with Crippen LogP contribution in [-0.4, -0.2) is 41.5 Å². The Morgan fingerprint density at radius 3 is 2.81 bits per heavy atom. The standard InChI is InChI=1S/C9H16N4O2S/c1-2-4-9(10)6-13(7-9)16(14,15)8-3-5-11-12-8/h3,5H,2,4,6-7,10H2,1H3,(H,11,12). The minimum atomic E-state index is -3.41. The lowest BCUT2D eigenvalue weighted by Gasteiger charge is -2.46. The highest BCUT2D eigenvalue weighted by atomic mass is 32.2. The lowest BCUT2D eigenvalue weighted by atomic mass is 9.89. The molecule has 0 saturated carbocycles. The molecule has 16 heavy (non-hydrogen) atoms. The molecule has 90 valence electrons. The van der Waals surface area contributed by atoms with Crippen molar-refractivity contribution in [3.8, 4) is 0 Å². The third-order valence-corrected chi connectivity index (χ3v) is 4.54. The number of sulfonamides is 1. The largest absolute Gasteiger partial charge is 0.323 e. The lowest BCUT2D eigenvalue weighted by molar-refractivity contribution is 0.146. The molecule has 2 heterocycles. The Hall–Kier alpha value is -0.920. The zero-order valence-electron chi connectivity index (χ0n) is 9.18. The van der Waals surface area contributed by atoms with E-state index in [1.807, 2.05) is 6.92 Å². The summed E-state index contributed by atoms with van der Waals surface area (Å²) in [6, 6.07) is 1.45. The number of H-pyrrole nitrogens is 1. The zero-order chi connectivity index (χ0) is 11.8. The average molecular weight is 244 g/mol. The number of nitrogens with two attached hydrogens (primary N) is 1. The normalized spacial score (nSPS) is 20.6. The van der Waals surface area contributed by atoms with E-state index in [1.54, 1.807) is 0 Å². The number of nitrogens with one attached hydrogen (secondary N) is 1. The van der Waals surface area contributed by atoms with Crippen molar-refractivity contribution in [3.63, 3.8) is 0 Å². The molecular formula is C9H16N4O2S. The first-order valence-electron chi connectivity index (χ1n) is 5.26. The second kappa shape index (κ2) is 3.83. The van der Waals surface area contributed by atoms with Gasteiger partial charge in [-0.1, -0.05) is 13.3 Å². The van der Waals surface area contributed by atoms with Crippen molar-refractivity contribution in [1.82, 2.24) is 14.5 Å². The first-order valence-corrected chi connectivity index (χ1v) is 6.70. The van der Waals surface area contributed by atoms with Crippen LogP contribution in [-0.2, 0) is 10.0 Å². The van der Waals surface area contributed by atoms with Gasteiger partial charge in [0.25, 0.3) is 10.0 Å². The predicted octanol–water partition coefficient (Wildman–Crippen LogP) is -0.0884. The first-order chi connectivity index (χ1) is 7.48. The lowest BCUT2D eigenvalue weighted by Crippen LogP contribution is -2.68. The second-order valence-corrected chi connectivity index (χ2v) is 6.21. The van der Waals surface area contributed by atoms with Crippen LogP contribution in [0.25, 0.3) is 0 Å². The molecular weight excluding hydrogens is 228 g/mol. The van der Waals surface area contributed by atoms with Gasteiger partial charge in [-0.05, 0) is 12.5 Å². The molecule has 1 aliphatic heterocycles. The van der Waals surface area contributed by atoms with Gasteiger partial charge in [-0.15, -0.1) is 0 Å². The van der Waals surface area contributed by atoms with E-state index in [1.165, 1.54) is 16.6 Å². The van der Waals surface area contributed by atoms with Gasteiger partial charge in [-0.3, -0.25) is 5.10 Å². The van der Waals surface area contributed by atoms with Gasteiger partial charge in [-0.25, -0.2) is 8.42 Å². The minimum absolute atomic E-state index is 0.131. The number of nitrogens with zero attached hydrogens (tertiary/aromatic N) is 2. The Labute approximate surface area is 94.9 Å². The molecule has 2 rings (SSSR count). The van der Waals surface area contributed by atoms with E-state index >= 15 is 0 Å². The van der Waals surface area contributed by atoms with Crippen LogP contribution in [0.5, 0.6) is 0 Å². The van der Waals surface area contributed by atoms with Crippen molar-refractivity contribution < 1.29 is 8.42 Å². The maximum absolute atomic E-state index is 12.0. The fourth-order valence-corrected chi connectivity index (χ4v) is 3.54. The van der Waals surface area contributed by atoms with E-state index in [-0.39, 0.29) is 10.6 Å². The minimum Gasteiger partial charge on any atom is -0.323 e. The molecule has 6 nitrogen and oxygen atoms in total. The molecule has 1 aliphatic rings. The molecule has 1 saturated heterocycles. The number of aromatic nitrogens is 2. The van der Waals surface area contributed by atoms with Crippen LogP contribution in [0.1, 0.15) is 19.8 Å². The molecule has 0 aromatic carbocycles. The summed E-state index contributed by atoms with van der Waals surface area (Å²) < 4.78 is 25.3. The average Bonchev–Trinajstić information content (AvgIpc) is 2.67. The summed E-state index contributed by atoms with van der Waals surface area (Å²) in [6.45, 7) is 2.82. The molecule has 1 aromatic heterocycles. The number of aromatic amines is 1. The summed E-state index contributed by atoms with van der Waals surface area (Å²) in [7, 11) is -3.41. The zero-order valence-corrected chi connectivity index (χ0v) is 10.00. The number of rotatable bonds is 4. The third-order valence-electron chi connectivity index (χ3n) is 2.82. The van der Waals surface area contributed by atoms with E-state index in [2.05, 4.69) is 10.2 Å². The van der Waals surface area contributed by atoms with E-state index in [4.69, 9.17) is 5.73 Å². The Bertz CT molecular complexity index is 448. The van der Waals surface area contributed by atoms with Crippen molar-refractivity contribution in [3.05, 3.63) is 12.3 Å². The molecule has 0 unspecified atom stereocenters. The van der Waals surface area contributed by atoms with Gasteiger partial charge < -0.3 is 5.73 Å². The van der Waals surface area contributed by atoms with E-state index in [0.717, 1.165) is 12.8 Å². The van der Waals surface area contributed by atoms with Gasteiger partial charge in [0.05, 0.1) is 6.20 Å². The molecule has 0 bridgehead atoms. The van der Waals surface area contributed by atoms with Crippen molar-refractivity contribution in [1.29, 1.82) is 0 Å². The molecule has 1 fully saturated rings. The van der Waals surface area contributed by atoms with Crippen molar-refractivity contribution in [2.45, 2.75) is 30.3 Å². The van der Waals surface area contributed by atoms with Crippen LogP contribution >= 0.6 is 0 Å². The Balaban J connectivity index is 2.08. The van der Waals surface area contributed by atoms with Crippen LogP contribution in [0.4, 0.5) is 0 Å². The topological polar surface area (TPSA) is 92.1 Å². The third kappa shape index (κ3) is 1.85. The SMILES string of the molecule is CCCC1(N)CN(S(=O)(=O)c2ccn[nH]2)C1. The Kier molecular flexibility index (Phi) is 2.77. The molecule has 1 aromatic rings. The monoisotopic (exact) mass is 244 g/mol. The van der Waals surface area contributed by atoms with Crippen LogP contribution in [0.2, 0.25) is 0 Å². The fourth-order valence-electron chi connectivity index (χ4n) is 2.01. The van der Waals surface area contributed by atoms with Gasteiger partial charge in [0, 0.05) is 18.6 Å². The van der Waals surface area contributed by atoms with Crippen molar-refractivity contribution in [2.24, 2.45) is 5.73 Å². The second-order valence-electron chi connectivity index (χ2n) is 4.31. The summed E-state index contributed by atoms with van der Waals surface area (Å²) in [6.07, 6.45) is 3.24. The highest BCUT2D eigenvalue weighted by Crippen LogP contribution is 2.28. The number of hydrogen-bond acceptors (Lipinski definition) is 4. The van der Waals surface area contributed by atoms with Gasteiger partial charge in [0.2, 0.25) is 0 Å². The van der Waals surface area contributed by atoms with Crippen LogP contribution in [0, 0.1) is 0 Å². The number of hydrogen-bond donors (Lipinski definition) is 2. The maximum Gasteiger partial charge on any atom is 0.260 e. The quantitative estimate of drug-likeness (QED) is 0.774. The highest BCUT2D eigenvalue weighted by Gasteiger charge is 2.45. The molecule has 7 heteroatoms. The van der Waals surface area contributed by atoms with Crippen LogP contribution in [0.15, 0.2) is 17.3 Å². The summed E-state index contributed by atoms with van der Waals surface area (Å²) in [5, 5.41) is 6.24. The molecule has 3 N–H and O–H groups in total. The van der Waals surface area contributed by atoms with Gasteiger partial charge in [-0.2, -0.15) is 9.40 Å². The molecule has 0 radical (unpaired) electrons. The maximum atomic E-state index is 12.0. The molecule has 0 amide bonds. The van der Waals surface area contributed by atoms with Crippen LogP contribution < -0.4 is 5.73 Å². The molecule has 0 spiro atoms. The smallest absolute Gasteiger partial charge is 0.260 e. The Morgan fingerprint density at radius 2 is 2.31 bits per heavy atom. The van der Waals surface area contributed by atoms with Gasteiger partial charge in [0.15, 0.2) is 5.03 Å². The first kappa shape index (κ1) is 11.6. The summed E-state index contributed by atoms with van der Waals surface area (Å²) in [5.41, 5.74) is 5.68. The molecule has 0 aliphatic carbocycles. The summed E-state index contributed by atoms with van der Waals surface area (Å²) in [5.74, 6) is 0.